The molecular formula is C23H22ClN3O4. The van der Waals surface area contributed by atoms with Crippen molar-refractivity contribution in [3.05, 3.63) is 64.7 Å². The van der Waals surface area contributed by atoms with E-state index in [2.05, 4.69) is 10.6 Å². The molecule has 3 aliphatic rings. The van der Waals surface area contributed by atoms with Gasteiger partial charge in [0.15, 0.2) is 0 Å². The van der Waals surface area contributed by atoms with Crippen LogP contribution < -0.4 is 10.6 Å². The van der Waals surface area contributed by atoms with Gasteiger partial charge in [-0.1, -0.05) is 54.1 Å². The van der Waals surface area contributed by atoms with Gasteiger partial charge in [-0.25, -0.2) is 0 Å². The summed E-state index contributed by atoms with van der Waals surface area (Å²) in [7, 11) is 0. The van der Waals surface area contributed by atoms with Gasteiger partial charge >= 0.3 is 0 Å². The number of carbonyl (C=O) groups is 3. The van der Waals surface area contributed by atoms with E-state index in [1.54, 1.807) is 25.1 Å². The number of likely N-dealkylation sites (tertiary alicyclic amines) is 1. The maximum Gasteiger partial charge on any atom is 0.250 e. The number of anilines is 1. The second-order valence-electron chi connectivity index (χ2n) is 8.40. The Morgan fingerprint density at radius 3 is 2.55 bits per heavy atom. The minimum Gasteiger partial charge on any atom is -0.392 e. The highest BCUT2D eigenvalue weighted by Gasteiger charge is 2.71. The number of halogens is 1. The van der Waals surface area contributed by atoms with Gasteiger partial charge in [0.2, 0.25) is 17.7 Å². The van der Waals surface area contributed by atoms with Crippen molar-refractivity contribution >= 4 is 35.0 Å². The third kappa shape index (κ3) is 2.77. The van der Waals surface area contributed by atoms with Crippen molar-refractivity contribution in [1.82, 2.24) is 10.2 Å². The molecule has 3 aliphatic heterocycles. The molecule has 0 aromatic heterocycles. The molecule has 8 heteroatoms. The number of aliphatic hydroxyl groups is 1. The van der Waals surface area contributed by atoms with Crippen LogP contribution in [0.2, 0.25) is 5.02 Å². The van der Waals surface area contributed by atoms with Crippen molar-refractivity contribution in [3.8, 4) is 0 Å². The van der Waals surface area contributed by atoms with Crippen LogP contribution in [0, 0.1) is 11.8 Å². The molecule has 160 valence electrons. The van der Waals surface area contributed by atoms with Gasteiger partial charge < -0.3 is 10.4 Å². The lowest BCUT2D eigenvalue weighted by Crippen LogP contribution is -2.54. The highest BCUT2D eigenvalue weighted by molar-refractivity contribution is 6.35. The fourth-order valence-corrected chi connectivity index (χ4v) is 5.53. The van der Waals surface area contributed by atoms with Gasteiger partial charge in [0.1, 0.15) is 5.54 Å². The number of hydrogen-bond donors (Lipinski definition) is 3. The van der Waals surface area contributed by atoms with Crippen LogP contribution in [0.4, 0.5) is 5.69 Å². The smallest absolute Gasteiger partial charge is 0.250 e. The number of fused-ring (bicyclic) bond motifs is 4. The van der Waals surface area contributed by atoms with Crippen molar-refractivity contribution in [1.29, 1.82) is 0 Å². The number of benzene rings is 2. The Bertz CT molecular complexity index is 1090. The van der Waals surface area contributed by atoms with Crippen LogP contribution >= 0.6 is 11.6 Å². The maximum atomic E-state index is 13.6. The summed E-state index contributed by atoms with van der Waals surface area (Å²) in [6.45, 7) is 1.78. The second kappa shape index (κ2) is 7.15. The first-order valence-electron chi connectivity index (χ1n) is 10.3. The van der Waals surface area contributed by atoms with Crippen molar-refractivity contribution < 1.29 is 19.5 Å². The third-order valence-corrected chi connectivity index (χ3v) is 7.03. The molecule has 2 aromatic rings. The molecule has 5 atom stereocenters. The lowest BCUT2D eigenvalue weighted by Gasteiger charge is -2.30. The van der Waals surface area contributed by atoms with E-state index in [0.717, 1.165) is 5.56 Å². The van der Waals surface area contributed by atoms with Crippen molar-refractivity contribution in [2.45, 2.75) is 31.0 Å². The number of nitrogens with zero attached hydrogens (tertiary/aromatic N) is 1. The number of aliphatic hydroxyl groups excluding tert-OH is 1. The molecule has 2 aromatic carbocycles. The summed E-state index contributed by atoms with van der Waals surface area (Å²) < 4.78 is 0. The molecule has 5 rings (SSSR count). The molecule has 0 radical (unpaired) electrons. The monoisotopic (exact) mass is 439 g/mol. The van der Waals surface area contributed by atoms with E-state index in [1.165, 1.54) is 4.90 Å². The zero-order valence-electron chi connectivity index (χ0n) is 16.8. The number of rotatable bonds is 4. The van der Waals surface area contributed by atoms with Gasteiger partial charge in [-0.3, -0.25) is 24.6 Å². The Morgan fingerprint density at radius 2 is 1.84 bits per heavy atom. The second-order valence-corrected chi connectivity index (χ2v) is 8.81. The van der Waals surface area contributed by atoms with Crippen LogP contribution in [-0.2, 0) is 26.3 Å². The van der Waals surface area contributed by atoms with Crippen LogP contribution in [0.3, 0.4) is 0 Å². The third-order valence-electron chi connectivity index (χ3n) is 6.71. The first-order valence-corrected chi connectivity index (χ1v) is 10.7. The van der Waals surface area contributed by atoms with E-state index in [1.807, 2.05) is 30.3 Å². The number of para-hydroxylation sites is 1. The Kier molecular flexibility index (Phi) is 4.66. The first-order chi connectivity index (χ1) is 14.9. The number of hydrogen-bond acceptors (Lipinski definition) is 5. The Labute approximate surface area is 184 Å². The summed E-state index contributed by atoms with van der Waals surface area (Å²) in [6, 6.07) is 14.0. The van der Waals surface area contributed by atoms with Gasteiger partial charge in [0, 0.05) is 18.2 Å². The summed E-state index contributed by atoms with van der Waals surface area (Å²) >= 11 is 6.30. The normalized spacial score (nSPS) is 30.0. The zero-order valence-corrected chi connectivity index (χ0v) is 17.6. The predicted octanol–water partition coefficient (Wildman–Crippen LogP) is 1.68. The highest BCUT2D eigenvalue weighted by Crippen LogP contribution is 2.54. The summed E-state index contributed by atoms with van der Waals surface area (Å²) in [5.41, 5.74) is 0.542. The Balaban J connectivity index is 1.56. The average Bonchev–Trinajstić information content (AvgIpc) is 3.34. The molecular weight excluding hydrogens is 418 g/mol. The van der Waals surface area contributed by atoms with E-state index in [9.17, 15) is 19.5 Å². The van der Waals surface area contributed by atoms with Crippen LogP contribution in [-0.4, -0.2) is 46.4 Å². The number of imide groups is 1. The minimum atomic E-state index is -1.44. The molecule has 3 unspecified atom stereocenters. The quantitative estimate of drug-likeness (QED) is 0.630. The topological polar surface area (TPSA) is 98.7 Å². The molecule has 1 spiro atoms. The lowest BCUT2D eigenvalue weighted by atomic mass is 9.76. The molecule has 3 amide bonds. The van der Waals surface area contributed by atoms with E-state index in [4.69, 9.17) is 11.6 Å². The summed E-state index contributed by atoms with van der Waals surface area (Å²) in [4.78, 5) is 41.4. The van der Waals surface area contributed by atoms with E-state index in [-0.39, 0.29) is 12.5 Å². The van der Waals surface area contributed by atoms with Gasteiger partial charge in [-0.2, -0.15) is 0 Å². The van der Waals surface area contributed by atoms with Crippen molar-refractivity contribution in [2.24, 2.45) is 11.8 Å². The molecule has 2 saturated heterocycles. The molecule has 0 bridgehead atoms. The van der Waals surface area contributed by atoms with Gasteiger partial charge in [-0.15, -0.1) is 0 Å². The number of amides is 3. The fourth-order valence-electron chi connectivity index (χ4n) is 5.30. The minimum absolute atomic E-state index is 0.224. The Morgan fingerprint density at radius 1 is 1.10 bits per heavy atom. The molecule has 3 N–H and O–H groups in total. The zero-order chi connectivity index (χ0) is 21.9. The molecule has 0 aliphatic carbocycles. The van der Waals surface area contributed by atoms with Crippen molar-refractivity contribution in [3.63, 3.8) is 0 Å². The van der Waals surface area contributed by atoms with Crippen LogP contribution in [0.1, 0.15) is 18.1 Å². The highest BCUT2D eigenvalue weighted by atomic mass is 35.5. The predicted molar refractivity (Wildman–Crippen MR) is 114 cm³/mol. The molecule has 3 heterocycles. The standard InChI is InChI=1S/C23H22ClN3O4/c1-12(28)18-16-17(21(30)27(20(16)29)11-10-13-6-3-2-4-7-13)23(26-18)14-8-5-9-15(24)19(14)25-22(23)31/h2-9,12,16-18,26,28H,10-11H2,1H3,(H,25,31)/t12?,16-,17-,18?,23?/m0/s1. The van der Waals surface area contributed by atoms with Gasteiger partial charge in [0.25, 0.3) is 0 Å². The summed E-state index contributed by atoms with van der Waals surface area (Å²) in [6.07, 6.45) is -0.416. The molecule has 7 nitrogen and oxygen atoms in total. The average molecular weight is 440 g/mol. The molecule has 2 fully saturated rings. The summed E-state index contributed by atoms with van der Waals surface area (Å²) in [5, 5.41) is 16.7. The van der Waals surface area contributed by atoms with Crippen LogP contribution in [0.5, 0.6) is 0 Å². The van der Waals surface area contributed by atoms with E-state index in [0.29, 0.717) is 22.7 Å². The van der Waals surface area contributed by atoms with Gasteiger partial charge in [0.05, 0.1) is 28.6 Å². The summed E-state index contributed by atoms with van der Waals surface area (Å²) in [5.74, 6) is -2.97. The van der Waals surface area contributed by atoms with E-state index < -0.39 is 41.3 Å². The Hall–Kier alpha value is -2.74. The maximum absolute atomic E-state index is 13.6. The molecule has 31 heavy (non-hydrogen) atoms. The SMILES string of the molecule is CC(O)C1NC2(C(=O)Nc3c(Cl)cccc32)[C@@H]2C(=O)N(CCc3ccccc3)C(=O)[C@H]12. The molecule has 0 saturated carbocycles. The van der Waals surface area contributed by atoms with E-state index >= 15 is 0 Å². The lowest BCUT2D eigenvalue weighted by molar-refractivity contribution is -0.143. The van der Waals surface area contributed by atoms with Crippen molar-refractivity contribution in [2.75, 3.05) is 11.9 Å². The number of nitrogens with one attached hydrogen (secondary N) is 2. The fraction of sp³-hybridized carbons (Fsp3) is 0.348. The largest absolute Gasteiger partial charge is 0.392 e. The van der Waals surface area contributed by atoms with Crippen LogP contribution in [0.25, 0.3) is 0 Å². The van der Waals surface area contributed by atoms with Crippen LogP contribution in [0.15, 0.2) is 48.5 Å². The number of carbonyl (C=O) groups excluding carboxylic acids is 3. The first kappa shape index (κ1) is 20.2. The van der Waals surface area contributed by atoms with Gasteiger partial charge in [-0.05, 0) is 25.0 Å².